The number of hydrogen-bond donors (Lipinski definition) is 2. The fraction of sp³-hybridized carbons (Fsp3) is 0.583. The van der Waals surface area contributed by atoms with Crippen molar-refractivity contribution in [1.82, 2.24) is 9.88 Å². The Kier molecular flexibility index (Phi) is 4.49. The number of aliphatic carboxylic acids is 1. The Balaban J connectivity index is 1.84. The van der Waals surface area contributed by atoms with E-state index in [1.807, 2.05) is 12.3 Å². The molecule has 1 aliphatic rings. The molecule has 1 fully saturated rings. The minimum absolute atomic E-state index is 0.0964. The summed E-state index contributed by atoms with van der Waals surface area (Å²) in [7, 11) is 0. The number of aryl methyl sites for hydroxylation is 1. The Morgan fingerprint density at radius 1 is 1.53 bits per heavy atom. The van der Waals surface area contributed by atoms with Crippen LogP contribution < -0.4 is 5.32 Å². The molecule has 0 radical (unpaired) electrons. The maximum atomic E-state index is 11.8. The molecule has 0 unspecified atom stereocenters. The lowest BCUT2D eigenvalue weighted by Gasteiger charge is -2.18. The van der Waals surface area contributed by atoms with Crippen molar-refractivity contribution in [3.05, 3.63) is 11.1 Å². The van der Waals surface area contributed by atoms with Crippen molar-refractivity contribution in [3.8, 4) is 0 Å². The van der Waals surface area contributed by atoms with Gasteiger partial charge in [0.2, 0.25) is 5.91 Å². The Morgan fingerprint density at radius 2 is 2.26 bits per heavy atom. The number of carboxylic acid groups (broad SMARTS) is 1. The zero-order valence-electron chi connectivity index (χ0n) is 10.8. The first-order valence-electron chi connectivity index (χ1n) is 6.19. The van der Waals surface area contributed by atoms with Crippen molar-refractivity contribution in [3.63, 3.8) is 0 Å². The lowest BCUT2D eigenvalue weighted by Crippen LogP contribution is -2.38. The van der Waals surface area contributed by atoms with Gasteiger partial charge in [0.25, 0.3) is 0 Å². The zero-order valence-corrected chi connectivity index (χ0v) is 11.6. The maximum Gasteiger partial charge on any atom is 0.317 e. The van der Waals surface area contributed by atoms with Gasteiger partial charge >= 0.3 is 5.97 Å². The summed E-state index contributed by atoms with van der Waals surface area (Å²) >= 11 is 1.37. The van der Waals surface area contributed by atoms with Crippen molar-refractivity contribution in [2.75, 3.05) is 25.0 Å². The summed E-state index contributed by atoms with van der Waals surface area (Å²) in [5.41, 5.74) is 0.862. The molecule has 2 rings (SSSR count). The van der Waals surface area contributed by atoms with Crippen LogP contribution >= 0.6 is 11.3 Å². The average molecular weight is 283 g/mol. The van der Waals surface area contributed by atoms with Gasteiger partial charge in [-0.1, -0.05) is 0 Å². The Morgan fingerprint density at radius 3 is 2.79 bits per heavy atom. The smallest absolute Gasteiger partial charge is 0.317 e. The number of rotatable bonds is 7. The largest absolute Gasteiger partial charge is 0.480 e. The van der Waals surface area contributed by atoms with Crippen LogP contribution in [-0.2, 0) is 9.59 Å². The Labute approximate surface area is 115 Å². The normalized spacial score (nSPS) is 14.6. The molecule has 0 saturated heterocycles. The number of carboxylic acids is 1. The van der Waals surface area contributed by atoms with Gasteiger partial charge in [0, 0.05) is 11.9 Å². The molecule has 1 saturated carbocycles. The van der Waals surface area contributed by atoms with Gasteiger partial charge in [-0.05, 0) is 25.7 Å². The maximum absolute atomic E-state index is 11.8. The SMILES string of the molecule is Cc1csc(NC(=O)CN(CC(=O)O)CC2CC2)n1. The fourth-order valence-electron chi connectivity index (χ4n) is 1.82. The van der Waals surface area contributed by atoms with E-state index in [4.69, 9.17) is 5.11 Å². The van der Waals surface area contributed by atoms with E-state index < -0.39 is 5.97 Å². The molecule has 0 aliphatic heterocycles. The number of nitrogens with zero attached hydrogens (tertiary/aromatic N) is 2. The molecular formula is C12H17N3O3S. The van der Waals surface area contributed by atoms with Gasteiger partial charge < -0.3 is 10.4 Å². The van der Waals surface area contributed by atoms with E-state index in [1.165, 1.54) is 11.3 Å². The summed E-state index contributed by atoms with van der Waals surface area (Å²) in [4.78, 5) is 28.4. The van der Waals surface area contributed by atoms with Crippen LogP contribution in [0.25, 0.3) is 0 Å². The number of carbonyl (C=O) groups excluding carboxylic acids is 1. The highest BCUT2D eigenvalue weighted by atomic mass is 32.1. The van der Waals surface area contributed by atoms with Crippen LogP contribution in [0, 0.1) is 12.8 Å². The quantitative estimate of drug-likeness (QED) is 0.785. The number of carbonyl (C=O) groups is 2. The fourth-order valence-corrected chi connectivity index (χ4v) is 2.52. The number of aromatic nitrogens is 1. The van der Waals surface area contributed by atoms with Crippen LogP contribution in [0.5, 0.6) is 0 Å². The summed E-state index contributed by atoms with van der Waals surface area (Å²) in [6.45, 7) is 2.54. The second-order valence-corrected chi connectivity index (χ2v) is 5.71. The molecule has 1 heterocycles. The standard InChI is InChI=1S/C12H17N3O3S/c1-8-7-19-12(13-8)14-10(16)5-15(6-11(17)18)4-9-2-3-9/h7,9H,2-6H2,1H3,(H,17,18)(H,13,14,16). The van der Waals surface area contributed by atoms with Crippen LogP contribution in [0.15, 0.2) is 5.38 Å². The molecule has 2 N–H and O–H groups in total. The topological polar surface area (TPSA) is 82.5 Å². The van der Waals surface area contributed by atoms with Gasteiger partial charge in [-0.2, -0.15) is 0 Å². The van der Waals surface area contributed by atoms with E-state index in [-0.39, 0.29) is 19.0 Å². The van der Waals surface area contributed by atoms with E-state index in [9.17, 15) is 9.59 Å². The lowest BCUT2D eigenvalue weighted by molar-refractivity contribution is -0.138. The third kappa shape index (κ3) is 4.96. The third-order valence-electron chi connectivity index (χ3n) is 2.80. The Bertz CT molecular complexity index is 471. The lowest BCUT2D eigenvalue weighted by atomic mass is 10.3. The average Bonchev–Trinajstić information content (AvgIpc) is 3.00. The summed E-state index contributed by atoms with van der Waals surface area (Å²) < 4.78 is 0. The summed E-state index contributed by atoms with van der Waals surface area (Å²) in [5.74, 6) is -0.566. The third-order valence-corrected chi connectivity index (χ3v) is 3.68. The molecule has 1 aliphatic carbocycles. The van der Waals surface area contributed by atoms with Gasteiger partial charge in [0.1, 0.15) is 0 Å². The van der Waals surface area contributed by atoms with Gasteiger partial charge in [-0.25, -0.2) is 4.98 Å². The number of hydrogen-bond acceptors (Lipinski definition) is 5. The minimum Gasteiger partial charge on any atom is -0.480 e. The van der Waals surface area contributed by atoms with E-state index in [0.29, 0.717) is 17.6 Å². The first-order chi connectivity index (χ1) is 9.02. The second kappa shape index (κ2) is 6.12. The van der Waals surface area contributed by atoms with Crippen molar-refractivity contribution < 1.29 is 14.7 Å². The molecular weight excluding hydrogens is 266 g/mol. The van der Waals surface area contributed by atoms with Gasteiger partial charge in [0.15, 0.2) is 5.13 Å². The van der Waals surface area contributed by atoms with Gasteiger partial charge in [-0.3, -0.25) is 14.5 Å². The van der Waals surface area contributed by atoms with Crippen LogP contribution in [0.4, 0.5) is 5.13 Å². The van der Waals surface area contributed by atoms with E-state index in [1.54, 1.807) is 4.90 Å². The molecule has 1 amide bonds. The van der Waals surface area contributed by atoms with Crippen LogP contribution in [0.3, 0.4) is 0 Å². The number of thiazole rings is 1. The van der Waals surface area contributed by atoms with Crippen molar-refractivity contribution in [1.29, 1.82) is 0 Å². The van der Waals surface area contributed by atoms with Gasteiger partial charge in [0.05, 0.1) is 18.8 Å². The van der Waals surface area contributed by atoms with E-state index >= 15 is 0 Å². The first kappa shape index (κ1) is 14.0. The highest BCUT2D eigenvalue weighted by Gasteiger charge is 2.26. The van der Waals surface area contributed by atoms with Crippen LogP contribution in [0.1, 0.15) is 18.5 Å². The first-order valence-corrected chi connectivity index (χ1v) is 7.07. The van der Waals surface area contributed by atoms with Crippen LogP contribution in [0.2, 0.25) is 0 Å². The van der Waals surface area contributed by atoms with Gasteiger partial charge in [-0.15, -0.1) is 11.3 Å². The molecule has 1 aromatic heterocycles. The molecule has 0 atom stereocenters. The Hall–Kier alpha value is -1.47. The molecule has 6 nitrogen and oxygen atoms in total. The number of nitrogens with one attached hydrogen (secondary N) is 1. The molecule has 0 bridgehead atoms. The predicted molar refractivity (Wildman–Crippen MR) is 72.3 cm³/mol. The van der Waals surface area contributed by atoms with Crippen LogP contribution in [-0.4, -0.2) is 46.5 Å². The zero-order chi connectivity index (χ0) is 13.8. The summed E-state index contributed by atoms with van der Waals surface area (Å²) in [6.07, 6.45) is 2.26. The molecule has 0 aromatic carbocycles. The number of amides is 1. The molecule has 19 heavy (non-hydrogen) atoms. The summed E-state index contributed by atoms with van der Waals surface area (Å²) in [5, 5.41) is 13.9. The molecule has 0 spiro atoms. The number of anilines is 1. The monoisotopic (exact) mass is 283 g/mol. The highest BCUT2D eigenvalue weighted by molar-refractivity contribution is 7.13. The van der Waals surface area contributed by atoms with Crippen molar-refractivity contribution in [2.45, 2.75) is 19.8 Å². The highest BCUT2D eigenvalue weighted by Crippen LogP contribution is 2.29. The van der Waals surface area contributed by atoms with E-state index in [0.717, 1.165) is 18.5 Å². The van der Waals surface area contributed by atoms with Crippen molar-refractivity contribution in [2.24, 2.45) is 5.92 Å². The molecule has 1 aromatic rings. The second-order valence-electron chi connectivity index (χ2n) is 4.85. The predicted octanol–water partition coefficient (Wildman–Crippen LogP) is 1.19. The minimum atomic E-state index is -0.904. The molecule has 7 heteroatoms. The summed E-state index contributed by atoms with van der Waals surface area (Å²) in [6, 6.07) is 0. The van der Waals surface area contributed by atoms with Crippen molar-refractivity contribution >= 4 is 28.3 Å². The molecule has 104 valence electrons. The van der Waals surface area contributed by atoms with E-state index in [2.05, 4.69) is 10.3 Å².